The summed E-state index contributed by atoms with van der Waals surface area (Å²) in [5.41, 5.74) is 0.936. The lowest BCUT2D eigenvalue weighted by atomic mass is 9.92. The number of ketones is 1. The number of ether oxygens (including phenoxy) is 1. The van der Waals surface area contributed by atoms with E-state index in [0.717, 1.165) is 18.4 Å². The summed E-state index contributed by atoms with van der Waals surface area (Å²) in [6.45, 7) is 2.78. The fourth-order valence-corrected chi connectivity index (χ4v) is 1.94. The van der Waals surface area contributed by atoms with E-state index in [9.17, 15) is 4.79 Å². The summed E-state index contributed by atoms with van der Waals surface area (Å²) in [4.78, 5) is 12.0. The van der Waals surface area contributed by atoms with Crippen LogP contribution in [0.5, 0.6) is 0 Å². The number of Topliss-reactive ketones (excluding diaryl/α,β-unsaturated/α-hetero) is 1. The van der Waals surface area contributed by atoms with Gasteiger partial charge in [-0.3, -0.25) is 4.79 Å². The Morgan fingerprint density at radius 1 is 1.33 bits per heavy atom. The van der Waals surface area contributed by atoms with Crippen LogP contribution >= 0.6 is 0 Å². The average Bonchev–Trinajstić information content (AvgIpc) is 3.08. The summed E-state index contributed by atoms with van der Waals surface area (Å²) in [7, 11) is 0. The molecule has 0 unspecified atom stereocenters. The van der Waals surface area contributed by atoms with Crippen LogP contribution in [0, 0.1) is 0 Å². The van der Waals surface area contributed by atoms with E-state index >= 15 is 0 Å². The molecule has 80 valence electrons. The predicted molar refractivity (Wildman–Crippen MR) is 58.9 cm³/mol. The van der Waals surface area contributed by atoms with Gasteiger partial charge in [-0.1, -0.05) is 30.3 Å². The van der Waals surface area contributed by atoms with Crippen molar-refractivity contribution in [3.05, 3.63) is 35.9 Å². The SMILES string of the molecule is CCOCC(=O)C1(c2ccccc2)CC1. The molecule has 15 heavy (non-hydrogen) atoms. The van der Waals surface area contributed by atoms with Gasteiger partial charge in [-0.2, -0.15) is 0 Å². The van der Waals surface area contributed by atoms with Crippen molar-refractivity contribution in [1.29, 1.82) is 0 Å². The minimum absolute atomic E-state index is 0.212. The van der Waals surface area contributed by atoms with E-state index in [1.807, 2.05) is 37.3 Å². The van der Waals surface area contributed by atoms with Crippen LogP contribution in [0.2, 0.25) is 0 Å². The van der Waals surface area contributed by atoms with Crippen LogP contribution in [0.1, 0.15) is 25.3 Å². The molecule has 0 spiro atoms. The van der Waals surface area contributed by atoms with E-state index in [4.69, 9.17) is 4.74 Å². The van der Waals surface area contributed by atoms with Gasteiger partial charge < -0.3 is 4.74 Å². The second-order valence-corrected chi connectivity index (χ2v) is 4.01. The van der Waals surface area contributed by atoms with Crippen LogP contribution in [0.4, 0.5) is 0 Å². The van der Waals surface area contributed by atoms with Crippen molar-refractivity contribution in [3.63, 3.8) is 0 Å². The molecule has 0 aromatic heterocycles. The van der Waals surface area contributed by atoms with Gasteiger partial charge in [0.05, 0.1) is 5.41 Å². The lowest BCUT2D eigenvalue weighted by Crippen LogP contribution is -2.25. The van der Waals surface area contributed by atoms with Crippen LogP contribution in [0.3, 0.4) is 0 Å². The number of carbonyl (C=O) groups is 1. The van der Waals surface area contributed by atoms with Gasteiger partial charge in [-0.05, 0) is 25.3 Å². The monoisotopic (exact) mass is 204 g/mol. The first kappa shape index (κ1) is 10.4. The largest absolute Gasteiger partial charge is 0.374 e. The number of rotatable bonds is 5. The van der Waals surface area contributed by atoms with Crippen molar-refractivity contribution in [3.8, 4) is 0 Å². The third kappa shape index (κ3) is 1.95. The highest BCUT2D eigenvalue weighted by molar-refractivity contribution is 5.94. The Kier molecular flexibility index (Phi) is 2.87. The number of carbonyl (C=O) groups excluding carboxylic acids is 1. The van der Waals surface area contributed by atoms with Gasteiger partial charge in [0.1, 0.15) is 6.61 Å². The lowest BCUT2D eigenvalue weighted by molar-refractivity contribution is -0.125. The minimum Gasteiger partial charge on any atom is -0.374 e. The van der Waals surface area contributed by atoms with Gasteiger partial charge >= 0.3 is 0 Å². The number of benzene rings is 1. The maximum absolute atomic E-state index is 12.0. The fraction of sp³-hybridized carbons (Fsp3) is 0.462. The number of hydrogen-bond acceptors (Lipinski definition) is 2. The quantitative estimate of drug-likeness (QED) is 0.735. The zero-order chi connectivity index (χ0) is 10.7. The molecule has 0 saturated heterocycles. The van der Waals surface area contributed by atoms with Crippen molar-refractivity contribution in [2.24, 2.45) is 0 Å². The molecule has 2 rings (SSSR count). The molecule has 2 heteroatoms. The van der Waals surface area contributed by atoms with Crippen LogP contribution in [-0.2, 0) is 14.9 Å². The summed E-state index contributed by atoms with van der Waals surface area (Å²) in [6, 6.07) is 10.0. The lowest BCUT2D eigenvalue weighted by Gasteiger charge is -2.13. The van der Waals surface area contributed by atoms with Gasteiger partial charge in [-0.25, -0.2) is 0 Å². The molecule has 1 aliphatic rings. The zero-order valence-corrected chi connectivity index (χ0v) is 9.03. The molecule has 1 fully saturated rings. The molecule has 0 radical (unpaired) electrons. The first-order chi connectivity index (χ1) is 7.29. The molecular weight excluding hydrogens is 188 g/mol. The molecule has 0 bridgehead atoms. The second kappa shape index (κ2) is 4.15. The summed E-state index contributed by atoms with van der Waals surface area (Å²) < 4.78 is 5.19. The average molecular weight is 204 g/mol. The van der Waals surface area contributed by atoms with E-state index in [2.05, 4.69) is 0 Å². The Morgan fingerprint density at radius 3 is 2.53 bits per heavy atom. The standard InChI is InChI=1S/C13H16O2/c1-2-15-10-12(14)13(8-9-13)11-6-4-3-5-7-11/h3-7H,2,8-10H2,1H3. The van der Waals surface area contributed by atoms with Crippen LogP contribution in [0.15, 0.2) is 30.3 Å². The highest BCUT2D eigenvalue weighted by atomic mass is 16.5. The van der Waals surface area contributed by atoms with Gasteiger partial charge in [0.2, 0.25) is 0 Å². The Labute approximate surface area is 90.3 Å². The minimum atomic E-state index is -0.212. The Bertz CT molecular complexity index is 339. The molecule has 1 aromatic rings. The van der Waals surface area contributed by atoms with Crippen molar-refractivity contribution < 1.29 is 9.53 Å². The van der Waals surface area contributed by atoms with Crippen molar-refractivity contribution in [1.82, 2.24) is 0 Å². The van der Waals surface area contributed by atoms with E-state index in [1.165, 1.54) is 0 Å². The zero-order valence-electron chi connectivity index (χ0n) is 9.03. The summed E-state index contributed by atoms with van der Waals surface area (Å²) in [6.07, 6.45) is 1.95. The van der Waals surface area contributed by atoms with Gasteiger partial charge in [0.25, 0.3) is 0 Å². The third-order valence-corrected chi connectivity index (χ3v) is 3.05. The third-order valence-electron chi connectivity index (χ3n) is 3.05. The van der Waals surface area contributed by atoms with E-state index in [1.54, 1.807) is 0 Å². The van der Waals surface area contributed by atoms with Gasteiger partial charge in [-0.15, -0.1) is 0 Å². The number of hydrogen-bond donors (Lipinski definition) is 0. The molecule has 1 saturated carbocycles. The van der Waals surface area contributed by atoms with E-state index in [0.29, 0.717) is 6.61 Å². The smallest absolute Gasteiger partial charge is 0.168 e. The van der Waals surface area contributed by atoms with Crippen LogP contribution in [0.25, 0.3) is 0 Å². The van der Waals surface area contributed by atoms with Gasteiger partial charge in [0, 0.05) is 6.61 Å². The van der Waals surface area contributed by atoms with Crippen molar-refractivity contribution in [2.75, 3.05) is 13.2 Å². The van der Waals surface area contributed by atoms with Crippen molar-refractivity contribution in [2.45, 2.75) is 25.2 Å². The summed E-state index contributed by atoms with van der Waals surface area (Å²) in [5.74, 6) is 0.232. The molecule has 0 aliphatic heterocycles. The normalized spacial score (nSPS) is 17.4. The maximum atomic E-state index is 12.0. The van der Waals surface area contributed by atoms with E-state index < -0.39 is 0 Å². The molecule has 0 atom stereocenters. The molecule has 0 amide bonds. The molecule has 0 heterocycles. The Morgan fingerprint density at radius 2 is 2.00 bits per heavy atom. The van der Waals surface area contributed by atoms with Crippen LogP contribution in [-0.4, -0.2) is 19.0 Å². The fourth-order valence-electron chi connectivity index (χ4n) is 1.94. The molecular formula is C13H16O2. The van der Waals surface area contributed by atoms with Gasteiger partial charge in [0.15, 0.2) is 5.78 Å². The molecule has 1 aliphatic carbocycles. The Balaban J connectivity index is 2.11. The predicted octanol–water partition coefficient (Wildman–Crippen LogP) is 2.32. The molecule has 1 aromatic carbocycles. The first-order valence-electron chi connectivity index (χ1n) is 5.46. The summed E-state index contributed by atoms with van der Waals surface area (Å²) in [5, 5.41) is 0. The van der Waals surface area contributed by atoms with E-state index in [-0.39, 0.29) is 17.8 Å². The highest BCUT2D eigenvalue weighted by Gasteiger charge is 2.50. The maximum Gasteiger partial charge on any atom is 0.168 e. The molecule has 0 N–H and O–H groups in total. The second-order valence-electron chi connectivity index (χ2n) is 4.01. The highest BCUT2D eigenvalue weighted by Crippen LogP contribution is 2.48. The molecule has 2 nitrogen and oxygen atoms in total. The summed E-state index contributed by atoms with van der Waals surface area (Å²) >= 11 is 0. The first-order valence-corrected chi connectivity index (χ1v) is 5.46. The van der Waals surface area contributed by atoms with Crippen molar-refractivity contribution >= 4 is 5.78 Å². The topological polar surface area (TPSA) is 26.3 Å². The van der Waals surface area contributed by atoms with Crippen LogP contribution < -0.4 is 0 Å². The Hall–Kier alpha value is -1.15.